The van der Waals surface area contributed by atoms with Crippen LogP contribution in [0.15, 0.2) is 0 Å². The van der Waals surface area contributed by atoms with E-state index in [2.05, 4.69) is 4.74 Å². The van der Waals surface area contributed by atoms with Crippen LogP contribution >= 0.6 is 0 Å². The number of carboxylic acid groups (broad SMARTS) is 1. The summed E-state index contributed by atoms with van der Waals surface area (Å²) in [6, 6.07) is 0. The molecule has 0 fully saturated rings. The summed E-state index contributed by atoms with van der Waals surface area (Å²) in [5.41, 5.74) is 6.32. The van der Waals surface area contributed by atoms with Crippen LogP contribution in [0, 0.1) is 0 Å². The number of aliphatic carboxylic acids is 1. The summed E-state index contributed by atoms with van der Waals surface area (Å²) >= 11 is 0. The monoisotopic (exact) mass is 132 g/mol. The third-order valence-corrected chi connectivity index (χ3v) is 0.698. The van der Waals surface area contributed by atoms with Crippen LogP contribution in [0.25, 0.3) is 0 Å². The quantitative estimate of drug-likeness (QED) is 0.493. The van der Waals surface area contributed by atoms with Crippen molar-refractivity contribution in [3.8, 4) is 0 Å². The molecule has 1 amide bonds. The molecule has 0 aliphatic rings. The number of rotatable bonds is 3. The highest BCUT2D eigenvalue weighted by Gasteiger charge is 2.22. The number of ether oxygens (including phenoxy) is 1. The maximum atomic E-state index is 9.98. The normalized spacial score (nSPS) is 12.6. The topological polar surface area (TPSA) is 87.4 Å². The summed E-state index contributed by atoms with van der Waals surface area (Å²) in [5, 5.41) is 8.08. The summed E-state index contributed by atoms with van der Waals surface area (Å²) in [6.07, 6.45) is -1.63. The minimum atomic E-state index is -1.63. The van der Waals surface area contributed by atoms with Gasteiger partial charge in [0.25, 0.3) is 5.91 Å². The van der Waals surface area contributed by atoms with Crippen molar-refractivity contribution in [3.05, 3.63) is 0 Å². The molecular weight excluding hydrogens is 126 g/mol. The van der Waals surface area contributed by atoms with Crippen LogP contribution in [0.4, 0.5) is 0 Å². The molecule has 5 nitrogen and oxygen atoms in total. The highest BCUT2D eigenvalue weighted by atomic mass is 16.5. The van der Waals surface area contributed by atoms with Gasteiger partial charge in [0, 0.05) is 7.11 Å². The van der Waals surface area contributed by atoms with Gasteiger partial charge in [-0.1, -0.05) is 0 Å². The maximum Gasteiger partial charge on any atom is 0.342 e. The molecule has 1 radical (unpaired) electrons. The van der Waals surface area contributed by atoms with Crippen LogP contribution in [0.3, 0.4) is 0 Å². The summed E-state index contributed by atoms with van der Waals surface area (Å²) in [4.78, 5) is 19.9. The fraction of sp³-hybridized carbons (Fsp3) is 0.500. The number of carbonyl (C=O) groups excluding carboxylic acids is 1. The van der Waals surface area contributed by atoms with E-state index < -0.39 is 18.0 Å². The Labute approximate surface area is 51.4 Å². The molecule has 0 spiro atoms. The van der Waals surface area contributed by atoms with E-state index in [1.54, 1.807) is 0 Å². The Morgan fingerprint density at radius 2 is 2.11 bits per heavy atom. The Morgan fingerprint density at radius 1 is 1.67 bits per heavy atom. The second kappa shape index (κ2) is 3.03. The number of hydrogen-bond donors (Lipinski definition) is 1. The zero-order valence-electron chi connectivity index (χ0n) is 4.75. The first-order valence-corrected chi connectivity index (χ1v) is 2.10. The van der Waals surface area contributed by atoms with Crippen molar-refractivity contribution >= 4 is 11.9 Å². The lowest BCUT2D eigenvalue weighted by Gasteiger charge is -2.02. The van der Waals surface area contributed by atoms with Crippen molar-refractivity contribution in [2.24, 2.45) is 0 Å². The second-order valence-corrected chi connectivity index (χ2v) is 1.32. The van der Waals surface area contributed by atoms with Crippen LogP contribution < -0.4 is 5.73 Å². The second-order valence-electron chi connectivity index (χ2n) is 1.32. The van der Waals surface area contributed by atoms with E-state index in [4.69, 9.17) is 10.8 Å². The summed E-state index contributed by atoms with van der Waals surface area (Å²) < 4.78 is 4.14. The van der Waals surface area contributed by atoms with Crippen molar-refractivity contribution in [2.75, 3.05) is 7.11 Å². The Bertz CT molecular complexity index is 119. The van der Waals surface area contributed by atoms with Crippen LogP contribution in [-0.2, 0) is 14.3 Å². The highest BCUT2D eigenvalue weighted by molar-refractivity contribution is 5.98. The first-order valence-electron chi connectivity index (χ1n) is 2.10. The smallest absolute Gasteiger partial charge is 0.342 e. The largest absolute Gasteiger partial charge is 0.479 e. The van der Waals surface area contributed by atoms with E-state index in [0.29, 0.717) is 0 Å². The molecular formula is C4H6NO4. The van der Waals surface area contributed by atoms with Crippen molar-refractivity contribution in [1.82, 2.24) is 5.73 Å². The van der Waals surface area contributed by atoms with Gasteiger partial charge in [0.15, 0.2) is 0 Å². The number of carbonyl (C=O) groups is 2. The molecule has 0 aliphatic heterocycles. The lowest BCUT2D eigenvalue weighted by atomic mass is 10.3. The van der Waals surface area contributed by atoms with E-state index in [-0.39, 0.29) is 0 Å². The van der Waals surface area contributed by atoms with Gasteiger partial charge in [-0.3, -0.25) is 10.5 Å². The fourth-order valence-corrected chi connectivity index (χ4v) is 0.320. The van der Waals surface area contributed by atoms with Crippen molar-refractivity contribution < 1.29 is 19.4 Å². The predicted molar refractivity (Wildman–Crippen MR) is 26.5 cm³/mol. The minimum Gasteiger partial charge on any atom is -0.479 e. The van der Waals surface area contributed by atoms with Gasteiger partial charge in [0.1, 0.15) is 0 Å². The van der Waals surface area contributed by atoms with Gasteiger partial charge in [0.05, 0.1) is 0 Å². The van der Waals surface area contributed by atoms with Crippen LogP contribution in [0.1, 0.15) is 0 Å². The standard InChI is InChI=1S/C4H6NO4/c1-9-2(3(5)6)4(7)8/h2,5H,1H3,(H,7,8). The molecule has 9 heavy (non-hydrogen) atoms. The molecule has 0 aromatic carbocycles. The van der Waals surface area contributed by atoms with E-state index in [9.17, 15) is 9.59 Å². The molecule has 0 aromatic heterocycles. The molecule has 0 bridgehead atoms. The van der Waals surface area contributed by atoms with E-state index in [1.807, 2.05) is 0 Å². The number of carboxylic acids is 1. The summed E-state index contributed by atoms with van der Waals surface area (Å²) in [5.74, 6) is -2.68. The van der Waals surface area contributed by atoms with Crippen LogP contribution in [0.2, 0.25) is 0 Å². The molecule has 0 heterocycles. The van der Waals surface area contributed by atoms with Gasteiger partial charge >= 0.3 is 5.97 Å². The SMILES string of the molecule is COC(C([NH])=O)C(=O)O. The molecule has 51 valence electrons. The molecule has 1 unspecified atom stereocenters. The summed E-state index contributed by atoms with van der Waals surface area (Å²) in [7, 11) is 1.06. The van der Waals surface area contributed by atoms with Gasteiger partial charge in [0.2, 0.25) is 6.10 Å². The maximum absolute atomic E-state index is 9.98. The van der Waals surface area contributed by atoms with Crippen molar-refractivity contribution in [1.29, 1.82) is 0 Å². The molecule has 5 heteroatoms. The van der Waals surface area contributed by atoms with E-state index in [1.165, 1.54) is 0 Å². The highest BCUT2D eigenvalue weighted by Crippen LogP contribution is 1.87. The van der Waals surface area contributed by atoms with Crippen molar-refractivity contribution in [3.63, 3.8) is 0 Å². The number of methoxy groups -OCH3 is 1. The van der Waals surface area contributed by atoms with Gasteiger partial charge in [-0.15, -0.1) is 0 Å². The zero-order valence-corrected chi connectivity index (χ0v) is 4.75. The van der Waals surface area contributed by atoms with Crippen LogP contribution in [0.5, 0.6) is 0 Å². The lowest BCUT2D eigenvalue weighted by molar-refractivity contribution is -0.154. The Kier molecular flexibility index (Phi) is 2.66. The first kappa shape index (κ1) is 7.90. The summed E-state index contributed by atoms with van der Waals surface area (Å²) in [6.45, 7) is 0. The molecule has 0 saturated carbocycles. The third-order valence-electron chi connectivity index (χ3n) is 0.698. The number of nitrogens with one attached hydrogen (secondary N) is 1. The molecule has 0 aliphatic carbocycles. The zero-order chi connectivity index (χ0) is 7.44. The molecule has 2 N–H and O–H groups in total. The lowest BCUT2D eigenvalue weighted by Crippen LogP contribution is -2.32. The average Bonchev–Trinajstić information content (AvgIpc) is 1.64. The van der Waals surface area contributed by atoms with Gasteiger partial charge in [-0.2, -0.15) is 0 Å². The van der Waals surface area contributed by atoms with Gasteiger partial charge in [-0.25, -0.2) is 4.79 Å². The van der Waals surface area contributed by atoms with Gasteiger partial charge in [-0.05, 0) is 0 Å². The number of hydrogen-bond acceptors (Lipinski definition) is 3. The Morgan fingerprint density at radius 3 is 2.11 bits per heavy atom. The van der Waals surface area contributed by atoms with E-state index >= 15 is 0 Å². The Hall–Kier alpha value is -1.10. The third kappa shape index (κ3) is 2.09. The molecule has 0 rings (SSSR count). The van der Waals surface area contributed by atoms with Crippen molar-refractivity contribution in [2.45, 2.75) is 6.10 Å². The molecule has 0 aromatic rings. The number of amides is 1. The molecule has 0 saturated heterocycles. The molecule has 1 atom stereocenters. The predicted octanol–water partition coefficient (Wildman–Crippen LogP) is -1.10. The van der Waals surface area contributed by atoms with Gasteiger partial charge < -0.3 is 9.84 Å². The van der Waals surface area contributed by atoms with Crippen LogP contribution in [-0.4, -0.2) is 30.2 Å². The van der Waals surface area contributed by atoms with E-state index in [0.717, 1.165) is 7.11 Å². The average molecular weight is 132 g/mol. The fourth-order valence-electron chi connectivity index (χ4n) is 0.320. The first-order chi connectivity index (χ1) is 4.09. The minimum absolute atomic E-state index is 1.06. The Balaban J connectivity index is 3.99.